The molecule has 1 saturated heterocycles. The van der Waals surface area contributed by atoms with Crippen LogP contribution in [-0.2, 0) is 0 Å². The number of nitrogens with one attached hydrogen (secondary N) is 1. The van der Waals surface area contributed by atoms with Gasteiger partial charge in [-0.15, -0.1) is 0 Å². The first-order valence-corrected chi connectivity index (χ1v) is 9.27. The van der Waals surface area contributed by atoms with E-state index in [0.717, 1.165) is 28.0 Å². The van der Waals surface area contributed by atoms with Gasteiger partial charge in [0.1, 0.15) is 5.75 Å². The molecule has 1 amide bonds. The van der Waals surface area contributed by atoms with Crippen molar-refractivity contribution in [3.05, 3.63) is 57.2 Å². The molecule has 2 aromatic carbocycles. The Hall–Kier alpha value is -2.09. The molecule has 25 heavy (non-hydrogen) atoms. The number of amides is 1. The van der Waals surface area contributed by atoms with Gasteiger partial charge in [-0.2, -0.15) is 5.10 Å². The van der Waals surface area contributed by atoms with E-state index in [1.807, 2.05) is 42.5 Å². The Labute approximate surface area is 161 Å². The molecule has 1 N–H and O–H groups in total. The number of nitrogens with zero attached hydrogens (tertiary/aromatic N) is 2. The lowest BCUT2D eigenvalue weighted by Gasteiger charge is -2.17. The van der Waals surface area contributed by atoms with E-state index in [-0.39, 0.29) is 5.91 Å². The summed E-state index contributed by atoms with van der Waals surface area (Å²) >= 11 is 2.20. The summed E-state index contributed by atoms with van der Waals surface area (Å²) in [6.07, 6.45) is 4.10. The molecule has 0 atom stereocenters. The number of methoxy groups -OCH3 is 1. The molecule has 1 fully saturated rings. The van der Waals surface area contributed by atoms with Gasteiger partial charge in [-0.3, -0.25) is 4.79 Å². The lowest BCUT2D eigenvalue weighted by Crippen LogP contribution is -2.19. The Morgan fingerprint density at radius 3 is 2.56 bits per heavy atom. The minimum atomic E-state index is -0.215. The summed E-state index contributed by atoms with van der Waals surface area (Å²) in [5.41, 5.74) is 5.24. The summed E-state index contributed by atoms with van der Waals surface area (Å²) in [5.74, 6) is 0.604. The van der Waals surface area contributed by atoms with Crippen LogP contribution in [0.2, 0.25) is 0 Å². The molecule has 0 aromatic heterocycles. The predicted molar refractivity (Wildman–Crippen MR) is 109 cm³/mol. The first-order chi connectivity index (χ1) is 12.2. The second kappa shape index (κ2) is 8.33. The summed E-state index contributed by atoms with van der Waals surface area (Å²) in [4.78, 5) is 14.5. The van der Waals surface area contributed by atoms with Crippen LogP contribution >= 0.6 is 22.6 Å². The van der Waals surface area contributed by atoms with Gasteiger partial charge in [-0.1, -0.05) is 0 Å². The molecule has 1 aliphatic rings. The van der Waals surface area contributed by atoms with Crippen LogP contribution < -0.4 is 15.1 Å². The van der Waals surface area contributed by atoms with Gasteiger partial charge in [-0.25, -0.2) is 5.43 Å². The highest BCUT2D eigenvalue weighted by molar-refractivity contribution is 14.1. The van der Waals surface area contributed by atoms with Crippen molar-refractivity contribution >= 4 is 40.4 Å². The van der Waals surface area contributed by atoms with Gasteiger partial charge in [0.2, 0.25) is 0 Å². The average Bonchev–Trinajstić information content (AvgIpc) is 3.16. The van der Waals surface area contributed by atoms with Crippen molar-refractivity contribution in [2.24, 2.45) is 5.10 Å². The molecule has 1 heterocycles. The maximum absolute atomic E-state index is 12.2. The zero-order valence-corrected chi connectivity index (χ0v) is 16.2. The average molecular weight is 449 g/mol. The molecule has 3 rings (SSSR count). The Balaban J connectivity index is 1.59. The number of anilines is 1. The Morgan fingerprint density at radius 2 is 1.92 bits per heavy atom. The summed E-state index contributed by atoms with van der Waals surface area (Å²) in [6.45, 7) is 2.19. The molecule has 0 radical (unpaired) electrons. The van der Waals surface area contributed by atoms with Crippen LogP contribution in [0, 0.1) is 3.57 Å². The van der Waals surface area contributed by atoms with Gasteiger partial charge < -0.3 is 9.64 Å². The second-order valence-electron chi connectivity index (χ2n) is 5.83. The molecule has 1 aliphatic heterocycles. The van der Waals surface area contributed by atoms with Crippen molar-refractivity contribution in [3.63, 3.8) is 0 Å². The molecular formula is C19H20IN3O2. The Kier molecular flexibility index (Phi) is 5.91. The fourth-order valence-corrected chi connectivity index (χ4v) is 3.55. The SMILES string of the molecule is COc1ccc(/C=N\NC(=O)c2ccc(N3CCCC3)cc2)cc1I. The first-order valence-electron chi connectivity index (χ1n) is 8.19. The summed E-state index contributed by atoms with van der Waals surface area (Å²) in [5, 5.41) is 4.04. The molecule has 130 valence electrons. The van der Waals surface area contributed by atoms with Gasteiger partial charge in [-0.05, 0) is 83.5 Å². The third-order valence-electron chi connectivity index (χ3n) is 4.16. The number of hydrogen-bond donors (Lipinski definition) is 1. The second-order valence-corrected chi connectivity index (χ2v) is 7.00. The Bertz CT molecular complexity index is 769. The molecular weight excluding hydrogens is 429 g/mol. The van der Waals surface area contributed by atoms with Crippen LogP contribution in [0.15, 0.2) is 47.6 Å². The summed E-state index contributed by atoms with van der Waals surface area (Å²) in [6, 6.07) is 13.4. The number of hydrazone groups is 1. The maximum Gasteiger partial charge on any atom is 0.271 e. The third kappa shape index (κ3) is 4.50. The van der Waals surface area contributed by atoms with Crippen LogP contribution in [0.5, 0.6) is 5.75 Å². The molecule has 0 unspecified atom stereocenters. The van der Waals surface area contributed by atoms with Crippen molar-refractivity contribution < 1.29 is 9.53 Å². The largest absolute Gasteiger partial charge is 0.496 e. The van der Waals surface area contributed by atoms with Gasteiger partial charge in [0.25, 0.3) is 5.91 Å². The van der Waals surface area contributed by atoms with Crippen molar-refractivity contribution in [2.45, 2.75) is 12.8 Å². The lowest BCUT2D eigenvalue weighted by atomic mass is 10.2. The van der Waals surface area contributed by atoms with Crippen LogP contribution in [0.25, 0.3) is 0 Å². The molecule has 0 spiro atoms. The van der Waals surface area contributed by atoms with Crippen LogP contribution in [0.1, 0.15) is 28.8 Å². The fraction of sp³-hybridized carbons (Fsp3) is 0.263. The quantitative estimate of drug-likeness (QED) is 0.431. The summed E-state index contributed by atoms with van der Waals surface area (Å²) < 4.78 is 6.22. The highest BCUT2D eigenvalue weighted by Crippen LogP contribution is 2.21. The van der Waals surface area contributed by atoms with E-state index in [1.54, 1.807) is 13.3 Å². The Morgan fingerprint density at radius 1 is 1.20 bits per heavy atom. The number of ether oxygens (including phenoxy) is 1. The maximum atomic E-state index is 12.2. The van der Waals surface area contributed by atoms with E-state index in [4.69, 9.17) is 4.74 Å². The first kappa shape index (κ1) is 17.7. The van der Waals surface area contributed by atoms with Gasteiger partial charge >= 0.3 is 0 Å². The standard InChI is InChI=1S/C19H20IN3O2/c1-25-18-9-4-14(12-17(18)20)13-21-22-19(24)15-5-7-16(8-6-15)23-10-2-3-11-23/h4-9,12-13H,2-3,10-11H2,1H3,(H,22,24)/b21-13-. The number of halogens is 1. The van der Waals surface area contributed by atoms with Crippen molar-refractivity contribution in [1.29, 1.82) is 0 Å². The fourth-order valence-electron chi connectivity index (χ4n) is 2.79. The van der Waals surface area contributed by atoms with Gasteiger partial charge in [0.15, 0.2) is 0 Å². The third-order valence-corrected chi connectivity index (χ3v) is 5.00. The van der Waals surface area contributed by atoms with Crippen molar-refractivity contribution in [3.8, 4) is 5.75 Å². The monoisotopic (exact) mass is 449 g/mol. The minimum Gasteiger partial charge on any atom is -0.496 e. The van der Waals surface area contributed by atoms with Crippen molar-refractivity contribution in [2.75, 3.05) is 25.1 Å². The molecule has 0 aliphatic carbocycles. The number of carbonyl (C=O) groups is 1. The number of benzene rings is 2. The van der Waals surface area contributed by atoms with E-state index in [2.05, 4.69) is 38.0 Å². The van der Waals surface area contributed by atoms with Crippen LogP contribution in [-0.4, -0.2) is 32.3 Å². The lowest BCUT2D eigenvalue weighted by molar-refractivity contribution is 0.0955. The number of carbonyl (C=O) groups excluding carboxylic acids is 1. The molecule has 0 bridgehead atoms. The topological polar surface area (TPSA) is 53.9 Å². The van der Waals surface area contributed by atoms with E-state index >= 15 is 0 Å². The molecule has 2 aromatic rings. The van der Waals surface area contributed by atoms with E-state index in [1.165, 1.54) is 18.5 Å². The summed E-state index contributed by atoms with van der Waals surface area (Å²) in [7, 11) is 1.64. The number of hydrogen-bond acceptors (Lipinski definition) is 4. The normalized spacial score (nSPS) is 14.1. The molecule has 0 saturated carbocycles. The highest BCUT2D eigenvalue weighted by atomic mass is 127. The van der Waals surface area contributed by atoms with Crippen molar-refractivity contribution in [1.82, 2.24) is 5.43 Å². The predicted octanol–water partition coefficient (Wildman–Crippen LogP) is 3.66. The zero-order valence-electron chi connectivity index (χ0n) is 14.0. The van der Waals surface area contributed by atoms with E-state index in [0.29, 0.717) is 5.56 Å². The number of rotatable bonds is 5. The smallest absolute Gasteiger partial charge is 0.271 e. The zero-order chi connectivity index (χ0) is 17.6. The highest BCUT2D eigenvalue weighted by Gasteiger charge is 2.12. The van der Waals surface area contributed by atoms with E-state index < -0.39 is 0 Å². The van der Waals surface area contributed by atoms with Crippen LogP contribution in [0.3, 0.4) is 0 Å². The van der Waals surface area contributed by atoms with Gasteiger partial charge in [0.05, 0.1) is 16.9 Å². The minimum absolute atomic E-state index is 0.215. The molecule has 5 nitrogen and oxygen atoms in total. The molecule has 6 heteroatoms. The van der Waals surface area contributed by atoms with E-state index in [9.17, 15) is 4.79 Å². The van der Waals surface area contributed by atoms with Crippen LogP contribution in [0.4, 0.5) is 5.69 Å². The van der Waals surface area contributed by atoms with Gasteiger partial charge in [0, 0.05) is 24.3 Å².